The van der Waals surface area contributed by atoms with E-state index >= 15 is 0 Å². The van der Waals surface area contributed by atoms with Crippen molar-refractivity contribution in [1.29, 1.82) is 0 Å². The second-order valence-corrected chi connectivity index (χ2v) is 4.95. The van der Waals surface area contributed by atoms with E-state index in [1.54, 1.807) is 0 Å². The summed E-state index contributed by atoms with van der Waals surface area (Å²) in [4.78, 5) is 22.1. The van der Waals surface area contributed by atoms with E-state index in [1.807, 2.05) is 5.32 Å². The van der Waals surface area contributed by atoms with E-state index in [9.17, 15) is 22.8 Å². The number of urea groups is 1. The molecule has 0 aliphatic heterocycles. The van der Waals surface area contributed by atoms with Crippen molar-refractivity contribution in [1.82, 2.24) is 16.0 Å². The molecular weight excluding hydrogens is 275 g/mol. The highest BCUT2D eigenvalue weighted by atomic mass is 19.4. The molecule has 0 radical (unpaired) electrons. The summed E-state index contributed by atoms with van der Waals surface area (Å²) in [7, 11) is 0. The smallest absolute Gasteiger partial charge is 0.355 e. The standard InChI is InChI=1S/C12H20F3N3O2/c1-8(19)16-6-7-17-11(20)18-10(12(13,14)15)9-4-2-3-5-9/h9-10H,2-7H2,1H3,(H,16,19)(H2,17,18,20). The average molecular weight is 295 g/mol. The Bertz CT molecular complexity index is 341. The Morgan fingerprint density at radius 1 is 1.15 bits per heavy atom. The van der Waals surface area contributed by atoms with Gasteiger partial charge >= 0.3 is 12.2 Å². The number of nitrogens with one attached hydrogen (secondary N) is 3. The quantitative estimate of drug-likeness (QED) is 0.673. The van der Waals surface area contributed by atoms with E-state index in [1.165, 1.54) is 6.92 Å². The lowest BCUT2D eigenvalue weighted by Crippen LogP contribution is -2.53. The van der Waals surface area contributed by atoms with Crippen molar-refractivity contribution in [3.8, 4) is 0 Å². The van der Waals surface area contributed by atoms with Crippen LogP contribution in [0.5, 0.6) is 0 Å². The summed E-state index contributed by atoms with van der Waals surface area (Å²) in [6, 6.07) is -2.66. The van der Waals surface area contributed by atoms with Crippen LogP contribution in [0.3, 0.4) is 0 Å². The van der Waals surface area contributed by atoms with Crippen LogP contribution in [-0.2, 0) is 4.79 Å². The van der Waals surface area contributed by atoms with Crippen LogP contribution < -0.4 is 16.0 Å². The number of alkyl halides is 3. The lowest BCUT2D eigenvalue weighted by atomic mass is 9.98. The van der Waals surface area contributed by atoms with Gasteiger partial charge in [-0.15, -0.1) is 0 Å². The summed E-state index contributed by atoms with van der Waals surface area (Å²) in [6.07, 6.45) is -1.94. The van der Waals surface area contributed by atoms with Gasteiger partial charge in [-0.05, 0) is 18.8 Å². The average Bonchev–Trinajstić information content (AvgIpc) is 2.83. The number of rotatable bonds is 5. The number of carbonyl (C=O) groups is 2. The van der Waals surface area contributed by atoms with Crippen molar-refractivity contribution in [3.63, 3.8) is 0 Å². The monoisotopic (exact) mass is 295 g/mol. The summed E-state index contributed by atoms with van der Waals surface area (Å²) < 4.78 is 38.8. The summed E-state index contributed by atoms with van der Waals surface area (Å²) in [5.74, 6) is -0.803. The van der Waals surface area contributed by atoms with Crippen LogP contribution in [0.25, 0.3) is 0 Å². The van der Waals surface area contributed by atoms with Gasteiger partial charge in [0.2, 0.25) is 5.91 Å². The number of amides is 3. The minimum atomic E-state index is -4.44. The summed E-state index contributed by atoms with van der Waals surface area (Å²) >= 11 is 0. The normalized spacial score (nSPS) is 17.6. The zero-order chi connectivity index (χ0) is 15.2. The van der Waals surface area contributed by atoms with E-state index < -0.39 is 24.2 Å². The van der Waals surface area contributed by atoms with Gasteiger partial charge in [0.05, 0.1) is 0 Å². The predicted molar refractivity (Wildman–Crippen MR) is 67.0 cm³/mol. The van der Waals surface area contributed by atoms with Crippen LogP contribution in [0.1, 0.15) is 32.6 Å². The Morgan fingerprint density at radius 3 is 2.20 bits per heavy atom. The molecule has 0 bridgehead atoms. The number of carbonyl (C=O) groups excluding carboxylic acids is 2. The van der Waals surface area contributed by atoms with Gasteiger partial charge in [0.1, 0.15) is 6.04 Å². The molecule has 0 saturated heterocycles. The van der Waals surface area contributed by atoms with Crippen LogP contribution in [0.15, 0.2) is 0 Å². The first-order valence-electron chi connectivity index (χ1n) is 6.66. The fraction of sp³-hybridized carbons (Fsp3) is 0.833. The maximum atomic E-state index is 12.9. The van der Waals surface area contributed by atoms with E-state index in [0.717, 1.165) is 12.8 Å². The van der Waals surface area contributed by atoms with Crippen molar-refractivity contribution in [2.24, 2.45) is 5.92 Å². The van der Waals surface area contributed by atoms with E-state index in [0.29, 0.717) is 12.8 Å². The van der Waals surface area contributed by atoms with E-state index in [2.05, 4.69) is 10.6 Å². The van der Waals surface area contributed by atoms with Crippen LogP contribution in [-0.4, -0.2) is 37.2 Å². The molecule has 1 rings (SSSR count). The minimum absolute atomic E-state index is 0.0840. The molecule has 116 valence electrons. The summed E-state index contributed by atoms with van der Waals surface area (Å²) in [6.45, 7) is 1.59. The molecule has 0 aromatic heterocycles. The molecule has 1 unspecified atom stereocenters. The zero-order valence-electron chi connectivity index (χ0n) is 11.3. The zero-order valence-corrected chi connectivity index (χ0v) is 11.3. The molecule has 0 spiro atoms. The maximum absolute atomic E-state index is 12.9. The third kappa shape index (κ3) is 5.66. The first-order chi connectivity index (χ1) is 9.30. The fourth-order valence-electron chi connectivity index (χ4n) is 2.36. The highest BCUT2D eigenvalue weighted by molar-refractivity contribution is 5.75. The molecule has 1 aliphatic rings. The molecule has 0 heterocycles. The highest BCUT2D eigenvalue weighted by Crippen LogP contribution is 2.35. The maximum Gasteiger partial charge on any atom is 0.408 e. The van der Waals surface area contributed by atoms with Crippen LogP contribution in [0.2, 0.25) is 0 Å². The molecule has 3 N–H and O–H groups in total. The topological polar surface area (TPSA) is 70.2 Å². The van der Waals surface area contributed by atoms with Crippen molar-refractivity contribution in [3.05, 3.63) is 0 Å². The van der Waals surface area contributed by atoms with E-state index in [4.69, 9.17) is 0 Å². The van der Waals surface area contributed by atoms with Crippen molar-refractivity contribution >= 4 is 11.9 Å². The van der Waals surface area contributed by atoms with Gasteiger partial charge in [-0.25, -0.2) is 4.79 Å². The van der Waals surface area contributed by atoms with Gasteiger partial charge < -0.3 is 16.0 Å². The molecule has 1 aliphatic carbocycles. The van der Waals surface area contributed by atoms with Gasteiger partial charge in [-0.2, -0.15) is 13.2 Å². The SMILES string of the molecule is CC(=O)NCCNC(=O)NC(C1CCCC1)C(F)(F)F. The predicted octanol–water partition coefficient (Wildman–Crippen LogP) is 1.54. The Kier molecular flexibility index (Phi) is 6.09. The van der Waals surface area contributed by atoms with Gasteiger partial charge in [0.25, 0.3) is 0 Å². The van der Waals surface area contributed by atoms with Crippen LogP contribution in [0, 0.1) is 5.92 Å². The van der Waals surface area contributed by atoms with Crippen LogP contribution >= 0.6 is 0 Å². The number of halogens is 3. The van der Waals surface area contributed by atoms with Gasteiger partial charge in [0, 0.05) is 20.0 Å². The molecule has 5 nitrogen and oxygen atoms in total. The molecule has 3 amide bonds. The van der Waals surface area contributed by atoms with Gasteiger partial charge in [-0.1, -0.05) is 12.8 Å². The molecule has 1 saturated carbocycles. The molecule has 8 heteroatoms. The lowest BCUT2D eigenvalue weighted by molar-refractivity contribution is -0.164. The molecule has 1 atom stereocenters. The van der Waals surface area contributed by atoms with Crippen molar-refractivity contribution < 1.29 is 22.8 Å². The molecule has 0 aromatic carbocycles. The first kappa shape index (κ1) is 16.6. The minimum Gasteiger partial charge on any atom is -0.355 e. The number of hydrogen-bond acceptors (Lipinski definition) is 2. The molecule has 20 heavy (non-hydrogen) atoms. The highest BCUT2D eigenvalue weighted by Gasteiger charge is 2.46. The fourth-order valence-corrected chi connectivity index (χ4v) is 2.36. The Balaban J connectivity index is 2.40. The lowest BCUT2D eigenvalue weighted by Gasteiger charge is -2.27. The Hall–Kier alpha value is -1.47. The second kappa shape index (κ2) is 7.35. The Morgan fingerprint density at radius 2 is 1.70 bits per heavy atom. The van der Waals surface area contributed by atoms with E-state index in [-0.39, 0.29) is 19.0 Å². The summed E-state index contributed by atoms with van der Waals surface area (Å²) in [5, 5.41) is 6.73. The van der Waals surface area contributed by atoms with Crippen molar-refractivity contribution in [2.75, 3.05) is 13.1 Å². The second-order valence-electron chi connectivity index (χ2n) is 4.95. The number of hydrogen-bond donors (Lipinski definition) is 3. The molecule has 0 aromatic rings. The molecule has 1 fully saturated rings. The summed E-state index contributed by atoms with van der Waals surface area (Å²) in [5.41, 5.74) is 0. The van der Waals surface area contributed by atoms with Crippen molar-refractivity contribution in [2.45, 2.75) is 44.8 Å². The largest absolute Gasteiger partial charge is 0.408 e. The third-order valence-corrected chi connectivity index (χ3v) is 3.29. The third-order valence-electron chi connectivity index (χ3n) is 3.29. The van der Waals surface area contributed by atoms with Gasteiger partial charge in [0.15, 0.2) is 0 Å². The van der Waals surface area contributed by atoms with Crippen LogP contribution in [0.4, 0.5) is 18.0 Å². The first-order valence-corrected chi connectivity index (χ1v) is 6.66. The van der Waals surface area contributed by atoms with Gasteiger partial charge in [-0.3, -0.25) is 4.79 Å². The Labute approximate surface area is 115 Å². The molecular formula is C12H20F3N3O2.